The minimum atomic E-state index is -0.570. The molecule has 0 unspecified atom stereocenters. The topological polar surface area (TPSA) is 103 Å². The van der Waals surface area contributed by atoms with Crippen LogP contribution < -0.4 is 19.9 Å². The molecule has 0 saturated heterocycles. The van der Waals surface area contributed by atoms with Crippen molar-refractivity contribution in [3.05, 3.63) is 83.4 Å². The minimum absolute atomic E-state index is 0.0326. The van der Waals surface area contributed by atoms with Crippen LogP contribution in [0.5, 0.6) is 11.5 Å². The first-order valence-corrected chi connectivity index (χ1v) is 10.7. The van der Waals surface area contributed by atoms with Gasteiger partial charge in [0.25, 0.3) is 5.56 Å². The van der Waals surface area contributed by atoms with Crippen molar-refractivity contribution < 1.29 is 13.9 Å². The molecule has 0 atom stereocenters. The number of hydrogen-bond donors (Lipinski definition) is 1. The quantitative estimate of drug-likeness (QED) is 0.385. The molecule has 0 fully saturated rings. The highest BCUT2D eigenvalue weighted by Gasteiger charge is 2.21. The second-order valence-electron chi connectivity index (χ2n) is 7.78. The lowest BCUT2D eigenvalue weighted by Gasteiger charge is -2.26. The van der Waals surface area contributed by atoms with Crippen molar-refractivity contribution in [1.82, 2.24) is 29.3 Å². The summed E-state index contributed by atoms with van der Waals surface area (Å²) in [4.78, 5) is 26.8. The van der Waals surface area contributed by atoms with Gasteiger partial charge in [0.2, 0.25) is 0 Å². The van der Waals surface area contributed by atoms with Gasteiger partial charge in [0, 0.05) is 43.5 Å². The van der Waals surface area contributed by atoms with Gasteiger partial charge < -0.3 is 19.4 Å². The highest BCUT2D eigenvalue weighted by atomic mass is 19.1. The summed E-state index contributed by atoms with van der Waals surface area (Å²) in [5.41, 5.74) is 1.60. The number of H-pyrrole nitrogens is 1. The zero-order chi connectivity index (χ0) is 24.5. The maximum atomic E-state index is 15.5. The number of aromatic amines is 1. The zero-order valence-corrected chi connectivity index (χ0v) is 19.3. The molecule has 3 heterocycles. The minimum Gasteiger partial charge on any atom is -0.497 e. The third-order valence-corrected chi connectivity index (χ3v) is 5.63. The Balaban J connectivity index is 1.69. The molecule has 0 spiro atoms. The van der Waals surface area contributed by atoms with Gasteiger partial charge in [0.1, 0.15) is 17.9 Å². The van der Waals surface area contributed by atoms with Gasteiger partial charge >= 0.3 is 0 Å². The maximum absolute atomic E-state index is 15.5. The number of ether oxygens (including phenoxy) is 2. The summed E-state index contributed by atoms with van der Waals surface area (Å²) >= 11 is 0. The van der Waals surface area contributed by atoms with Gasteiger partial charge in [0.05, 0.1) is 49.2 Å². The molecule has 0 aliphatic heterocycles. The van der Waals surface area contributed by atoms with E-state index in [1.54, 1.807) is 65.7 Å². The molecule has 11 heteroatoms. The van der Waals surface area contributed by atoms with Gasteiger partial charge in [-0.3, -0.25) is 14.0 Å². The molecule has 0 amide bonds. The van der Waals surface area contributed by atoms with E-state index >= 15 is 4.39 Å². The molecule has 0 radical (unpaired) electrons. The molecule has 35 heavy (non-hydrogen) atoms. The highest BCUT2D eigenvalue weighted by molar-refractivity contribution is 5.83. The fourth-order valence-corrected chi connectivity index (χ4v) is 3.87. The van der Waals surface area contributed by atoms with E-state index in [1.807, 2.05) is 0 Å². The van der Waals surface area contributed by atoms with Gasteiger partial charge in [-0.25, -0.2) is 14.4 Å². The number of nitrogens with one attached hydrogen (secondary N) is 1. The summed E-state index contributed by atoms with van der Waals surface area (Å²) in [5.74, 6) is 0.485. The molecule has 0 saturated carbocycles. The van der Waals surface area contributed by atoms with Gasteiger partial charge in [-0.05, 0) is 18.2 Å². The summed E-state index contributed by atoms with van der Waals surface area (Å²) in [5, 5.41) is 4.50. The molecule has 0 bridgehead atoms. The second-order valence-corrected chi connectivity index (χ2v) is 7.78. The fraction of sp³-hybridized carbons (Fsp3) is 0.167. The number of imidazole rings is 1. The van der Waals surface area contributed by atoms with E-state index in [1.165, 1.54) is 31.2 Å². The number of aromatic nitrogens is 6. The molecular weight excluding hydrogens is 453 g/mol. The summed E-state index contributed by atoms with van der Waals surface area (Å²) in [6.07, 6.45) is 8.08. The molecule has 0 aliphatic rings. The molecule has 5 aromatic rings. The summed E-state index contributed by atoms with van der Waals surface area (Å²) in [6.45, 7) is 0.197. The molecule has 178 valence electrons. The predicted molar refractivity (Wildman–Crippen MR) is 128 cm³/mol. The van der Waals surface area contributed by atoms with Crippen LogP contribution in [0.1, 0.15) is 5.82 Å². The van der Waals surface area contributed by atoms with Crippen molar-refractivity contribution >= 4 is 22.3 Å². The Hall–Kier alpha value is -4.67. The Morgan fingerprint density at radius 3 is 2.69 bits per heavy atom. The number of fused-ring (bicyclic) bond motifs is 1. The number of halogens is 1. The van der Waals surface area contributed by atoms with E-state index < -0.39 is 5.82 Å². The molecule has 3 aromatic heterocycles. The fourth-order valence-electron chi connectivity index (χ4n) is 3.87. The second kappa shape index (κ2) is 8.93. The summed E-state index contributed by atoms with van der Waals surface area (Å²) in [7, 11) is 4.65. The van der Waals surface area contributed by atoms with Crippen molar-refractivity contribution in [2.75, 3.05) is 19.1 Å². The van der Waals surface area contributed by atoms with Crippen LogP contribution in [0.4, 0.5) is 15.8 Å². The lowest BCUT2D eigenvalue weighted by Crippen LogP contribution is -2.21. The van der Waals surface area contributed by atoms with Gasteiger partial charge in [-0.15, -0.1) is 0 Å². The Morgan fingerprint density at radius 2 is 2.00 bits per heavy atom. The van der Waals surface area contributed by atoms with Crippen LogP contribution in [0, 0.1) is 5.82 Å². The Kier molecular flexibility index (Phi) is 5.65. The smallest absolute Gasteiger partial charge is 0.265 e. The largest absolute Gasteiger partial charge is 0.497 e. The van der Waals surface area contributed by atoms with Crippen LogP contribution in [-0.4, -0.2) is 43.5 Å². The van der Waals surface area contributed by atoms with Crippen LogP contribution in [0.3, 0.4) is 0 Å². The first-order valence-electron chi connectivity index (χ1n) is 10.7. The average molecular weight is 475 g/mol. The number of hydrogen-bond acceptors (Lipinski definition) is 7. The normalized spacial score (nSPS) is 11.1. The van der Waals surface area contributed by atoms with Crippen molar-refractivity contribution in [1.29, 1.82) is 0 Å². The Bertz CT molecular complexity index is 1560. The van der Waals surface area contributed by atoms with Gasteiger partial charge in [-0.2, -0.15) is 5.10 Å². The zero-order valence-electron chi connectivity index (χ0n) is 19.3. The van der Waals surface area contributed by atoms with Crippen LogP contribution in [0.15, 0.2) is 66.2 Å². The molecule has 5 rings (SSSR count). The van der Waals surface area contributed by atoms with E-state index in [0.717, 1.165) is 0 Å². The standard InChI is InChI=1S/C24H22FN7O3/c1-30-12-16(11-29-30)32-14-28-19-5-4-15(8-18(19)24(32)33)31(13-22-26-6-7-27-22)20-9-17(34-2)10-21(35-3)23(20)25/h4-12,14H,13H2,1-3H3,(H,26,27). The first-order chi connectivity index (χ1) is 17.0. The van der Waals surface area contributed by atoms with Crippen molar-refractivity contribution in [2.45, 2.75) is 6.54 Å². The third kappa shape index (κ3) is 4.07. The highest BCUT2D eigenvalue weighted by Crippen LogP contribution is 2.38. The lowest BCUT2D eigenvalue weighted by molar-refractivity contribution is 0.374. The number of methoxy groups -OCH3 is 2. The molecule has 2 aromatic carbocycles. The van der Waals surface area contributed by atoms with Crippen molar-refractivity contribution in [2.24, 2.45) is 7.05 Å². The van der Waals surface area contributed by atoms with E-state index in [-0.39, 0.29) is 23.5 Å². The van der Waals surface area contributed by atoms with Crippen molar-refractivity contribution in [3.8, 4) is 17.2 Å². The number of anilines is 2. The Morgan fingerprint density at radius 1 is 1.14 bits per heavy atom. The number of rotatable bonds is 7. The van der Waals surface area contributed by atoms with Crippen LogP contribution in [0.25, 0.3) is 16.6 Å². The number of benzene rings is 2. The van der Waals surface area contributed by atoms with E-state index in [4.69, 9.17) is 9.47 Å². The molecule has 0 aliphatic carbocycles. The maximum Gasteiger partial charge on any atom is 0.265 e. The van der Waals surface area contributed by atoms with E-state index in [2.05, 4.69) is 20.1 Å². The van der Waals surface area contributed by atoms with Crippen LogP contribution in [0.2, 0.25) is 0 Å². The molecular formula is C24H22FN7O3. The molecule has 10 nitrogen and oxygen atoms in total. The predicted octanol–water partition coefficient (Wildman–Crippen LogP) is 3.34. The number of nitrogens with zero attached hydrogens (tertiary/aromatic N) is 6. The van der Waals surface area contributed by atoms with Crippen molar-refractivity contribution in [3.63, 3.8) is 0 Å². The number of aryl methyl sites for hydroxylation is 1. The SMILES string of the molecule is COc1cc(OC)c(F)c(N(Cc2ncc[nH]2)c2ccc3ncn(-c4cnn(C)c4)c(=O)c3c2)c1. The monoisotopic (exact) mass is 475 g/mol. The van der Waals surface area contributed by atoms with Crippen LogP contribution in [-0.2, 0) is 13.6 Å². The first kappa shape index (κ1) is 22.1. The Labute approximate surface area is 199 Å². The van der Waals surface area contributed by atoms with E-state index in [9.17, 15) is 4.79 Å². The lowest BCUT2D eigenvalue weighted by atomic mass is 10.1. The van der Waals surface area contributed by atoms with E-state index in [0.29, 0.717) is 33.9 Å². The van der Waals surface area contributed by atoms with Gasteiger partial charge in [-0.1, -0.05) is 0 Å². The summed E-state index contributed by atoms with van der Waals surface area (Å²) < 4.78 is 29.1. The summed E-state index contributed by atoms with van der Waals surface area (Å²) in [6, 6.07) is 8.23. The molecule has 1 N–H and O–H groups in total. The average Bonchev–Trinajstić information content (AvgIpc) is 3.55. The van der Waals surface area contributed by atoms with Gasteiger partial charge in [0.15, 0.2) is 11.6 Å². The third-order valence-electron chi connectivity index (χ3n) is 5.63. The van der Waals surface area contributed by atoms with Crippen LogP contribution >= 0.6 is 0 Å².